The molecule has 0 bridgehead atoms. The van der Waals surface area contributed by atoms with Gasteiger partial charge in [0.2, 0.25) is 5.89 Å². The zero-order chi connectivity index (χ0) is 14.4. The van der Waals surface area contributed by atoms with Gasteiger partial charge in [0.15, 0.2) is 5.82 Å². The fourth-order valence-electron chi connectivity index (χ4n) is 1.63. The van der Waals surface area contributed by atoms with E-state index < -0.39 is 0 Å². The van der Waals surface area contributed by atoms with Crippen molar-refractivity contribution >= 4 is 11.8 Å². The molecule has 7 heteroatoms. The summed E-state index contributed by atoms with van der Waals surface area (Å²) in [5, 5.41) is 3.85. The summed E-state index contributed by atoms with van der Waals surface area (Å²) in [5.74, 6) is 1.20. The van der Waals surface area contributed by atoms with E-state index in [9.17, 15) is 4.39 Å². The number of aromatic nitrogens is 2. The van der Waals surface area contributed by atoms with Gasteiger partial charge in [0.1, 0.15) is 5.82 Å². The van der Waals surface area contributed by atoms with E-state index in [1.165, 1.54) is 17.8 Å². The van der Waals surface area contributed by atoms with Crippen LogP contribution >= 0.6 is 11.8 Å². The van der Waals surface area contributed by atoms with Crippen LogP contribution in [0.1, 0.15) is 11.7 Å². The number of benzene rings is 1. The number of methoxy groups -OCH3 is 1. The number of hydrogen-bond acceptors (Lipinski definition) is 6. The number of hydrogen-bond donors (Lipinski definition) is 1. The van der Waals surface area contributed by atoms with Crippen molar-refractivity contribution < 1.29 is 13.7 Å². The molecular formula is C13H16FN3O2S. The first-order valence-corrected chi connectivity index (χ1v) is 7.11. The van der Waals surface area contributed by atoms with Crippen molar-refractivity contribution in [1.82, 2.24) is 10.1 Å². The van der Waals surface area contributed by atoms with Crippen LogP contribution in [0.25, 0.3) is 0 Å². The summed E-state index contributed by atoms with van der Waals surface area (Å²) in [6.07, 6.45) is 0.463. The van der Waals surface area contributed by atoms with E-state index in [4.69, 9.17) is 15.0 Å². The molecule has 0 fully saturated rings. The molecule has 0 saturated carbocycles. The van der Waals surface area contributed by atoms with Gasteiger partial charge in [0, 0.05) is 24.5 Å². The number of thioether (sulfide) groups is 1. The van der Waals surface area contributed by atoms with Crippen LogP contribution in [0, 0.1) is 5.82 Å². The van der Waals surface area contributed by atoms with E-state index in [2.05, 4.69) is 10.1 Å². The normalized spacial score (nSPS) is 12.6. The van der Waals surface area contributed by atoms with Crippen molar-refractivity contribution in [3.05, 3.63) is 41.8 Å². The molecule has 0 aliphatic heterocycles. The van der Waals surface area contributed by atoms with Crippen LogP contribution in [-0.2, 0) is 16.9 Å². The largest absolute Gasteiger partial charge is 0.383 e. The summed E-state index contributed by atoms with van der Waals surface area (Å²) in [6, 6.07) is 6.41. The molecule has 1 heterocycles. The van der Waals surface area contributed by atoms with Crippen molar-refractivity contribution in [2.24, 2.45) is 5.73 Å². The first-order valence-electron chi connectivity index (χ1n) is 6.12. The second-order valence-corrected chi connectivity index (χ2v) is 5.26. The summed E-state index contributed by atoms with van der Waals surface area (Å²) in [7, 11) is 1.59. The average Bonchev–Trinajstić information content (AvgIpc) is 2.85. The Balaban J connectivity index is 1.88. The van der Waals surface area contributed by atoms with Crippen LogP contribution in [0.4, 0.5) is 4.39 Å². The molecule has 5 nitrogen and oxygen atoms in total. The standard InChI is InChI=1S/C13H16FN3O2S/c1-18-7-9(15)6-13-16-12(17-19-13)8-20-11-5-3-2-4-10(11)14/h2-5,9H,6-8,15H2,1H3. The van der Waals surface area contributed by atoms with Crippen molar-refractivity contribution in [1.29, 1.82) is 0 Å². The van der Waals surface area contributed by atoms with Crippen molar-refractivity contribution in [3.63, 3.8) is 0 Å². The van der Waals surface area contributed by atoms with Gasteiger partial charge in [0.05, 0.1) is 12.4 Å². The molecule has 0 saturated heterocycles. The van der Waals surface area contributed by atoms with Crippen LogP contribution in [0.3, 0.4) is 0 Å². The molecule has 0 aliphatic rings. The van der Waals surface area contributed by atoms with E-state index in [-0.39, 0.29) is 11.9 Å². The number of halogens is 1. The molecule has 1 aromatic heterocycles. The van der Waals surface area contributed by atoms with Crippen LogP contribution in [0.15, 0.2) is 33.7 Å². The van der Waals surface area contributed by atoms with Gasteiger partial charge in [-0.15, -0.1) is 11.8 Å². The Kier molecular flexibility index (Phi) is 5.51. The molecule has 0 radical (unpaired) electrons. The highest BCUT2D eigenvalue weighted by Gasteiger charge is 2.12. The number of rotatable bonds is 7. The van der Waals surface area contributed by atoms with Gasteiger partial charge in [-0.25, -0.2) is 4.39 Å². The second kappa shape index (κ2) is 7.37. The first-order chi connectivity index (χ1) is 9.69. The maximum Gasteiger partial charge on any atom is 0.228 e. The molecule has 0 amide bonds. The number of ether oxygens (including phenoxy) is 1. The van der Waals surface area contributed by atoms with Gasteiger partial charge in [0.25, 0.3) is 0 Å². The summed E-state index contributed by atoms with van der Waals surface area (Å²) in [4.78, 5) is 4.79. The quantitative estimate of drug-likeness (QED) is 0.788. The third-order valence-electron chi connectivity index (χ3n) is 2.52. The molecule has 2 aromatic rings. The first kappa shape index (κ1) is 15.0. The third-order valence-corrected chi connectivity index (χ3v) is 3.57. The molecule has 1 aromatic carbocycles. The Bertz CT molecular complexity index is 550. The summed E-state index contributed by atoms with van der Waals surface area (Å²) in [5.41, 5.74) is 5.80. The van der Waals surface area contributed by atoms with Crippen LogP contribution < -0.4 is 5.73 Å². The highest BCUT2D eigenvalue weighted by Crippen LogP contribution is 2.24. The molecule has 2 N–H and O–H groups in total. The van der Waals surface area contributed by atoms with Gasteiger partial charge in [-0.1, -0.05) is 17.3 Å². The number of nitrogens with two attached hydrogens (primary N) is 1. The van der Waals surface area contributed by atoms with E-state index >= 15 is 0 Å². The second-order valence-electron chi connectivity index (χ2n) is 4.24. The average molecular weight is 297 g/mol. The van der Waals surface area contributed by atoms with Crippen molar-refractivity contribution in [3.8, 4) is 0 Å². The molecule has 2 rings (SSSR count). The Morgan fingerprint density at radius 3 is 3.00 bits per heavy atom. The predicted molar refractivity (Wildman–Crippen MR) is 73.8 cm³/mol. The van der Waals surface area contributed by atoms with Crippen molar-refractivity contribution in [2.45, 2.75) is 23.1 Å². The number of nitrogens with zero attached hydrogens (tertiary/aromatic N) is 2. The lowest BCUT2D eigenvalue weighted by Crippen LogP contribution is -2.28. The fourth-order valence-corrected chi connectivity index (χ4v) is 2.42. The molecule has 1 unspecified atom stereocenters. The lowest BCUT2D eigenvalue weighted by atomic mass is 10.2. The summed E-state index contributed by atoms with van der Waals surface area (Å²) < 4.78 is 23.5. The molecular weight excluding hydrogens is 281 g/mol. The maximum atomic E-state index is 13.4. The van der Waals surface area contributed by atoms with Gasteiger partial charge in [-0.05, 0) is 12.1 Å². The van der Waals surface area contributed by atoms with Gasteiger partial charge < -0.3 is 15.0 Å². The smallest absolute Gasteiger partial charge is 0.228 e. The van der Waals surface area contributed by atoms with Crippen molar-refractivity contribution in [2.75, 3.05) is 13.7 Å². The highest BCUT2D eigenvalue weighted by atomic mass is 32.2. The SMILES string of the molecule is COCC(N)Cc1nc(CSc2ccccc2F)no1. The Morgan fingerprint density at radius 1 is 1.45 bits per heavy atom. The predicted octanol–water partition coefficient (Wildman–Crippen LogP) is 2.02. The van der Waals surface area contributed by atoms with Crippen LogP contribution in [0.5, 0.6) is 0 Å². The molecule has 108 valence electrons. The molecule has 1 atom stereocenters. The Hall–Kier alpha value is -1.44. The fraction of sp³-hybridized carbons (Fsp3) is 0.385. The Labute approximate surface area is 120 Å². The summed E-state index contributed by atoms with van der Waals surface area (Å²) >= 11 is 1.33. The van der Waals surface area contributed by atoms with E-state index in [0.29, 0.717) is 35.4 Å². The zero-order valence-electron chi connectivity index (χ0n) is 11.1. The van der Waals surface area contributed by atoms with Gasteiger partial charge in [-0.2, -0.15) is 4.98 Å². The van der Waals surface area contributed by atoms with Crippen LogP contribution in [-0.4, -0.2) is 29.9 Å². The third kappa shape index (κ3) is 4.29. The van der Waals surface area contributed by atoms with E-state index in [1.54, 1.807) is 25.3 Å². The Morgan fingerprint density at radius 2 is 2.25 bits per heavy atom. The highest BCUT2D eigenvalue weighted by molar-refractivity contribution is 7.98. The minimum absolute atomic E-state index is 0.174. The monoisotopic (exact) mass is 297 g/mol. The van der Waals surface area contributed by atoms with E-state index in [1.807, 2.05) is 0 Å². The van der Waals surface area contributed by atoms with Crippen LogP contribution in [0.2, 0.25) is 0 Å². The van der Waals surface area contributed by atoms with Gasteiger partial charge in [-0.3, -0.25) is 0 Å². The molecule has 20 heavy (non-hydrogen) atoms. The lowest BCUT2D eigenvalue weighted by molar-refractivity contribution is 0.176. The lowest BCUT2D eigenvalue weighted by Gasteiger charge is -2.05. The topological polar surface area (TPSA) is 74.2 Å². The molecule has 0 spiro atoms. The molecule has 0 aliphatic carbocycles. The summed E-state index contributed by atoms with van der Waals surface area (Å²) in [6.45, 7) is 0.432. The minimum Gasteiger partial charge on any atom is -0.383 e. The zero-order valence-corrected chi connectivity index (χ0v) is 11.9. The van der Waals surface area contributed by atoms with Gasteiger partial charge >= 0.3 is 0 Å². The maximum absolute atomic E-state index is 13.4. The van der Waals surface area contributed by atoms with E-state index in [0.717, 1.165) is 0 Å². The minimum atomic E-state index is -0.247.